The van der Waals surface area contributed by atoms with Crippen LogP contribution in [0.25, 0.3) is 0 Å². The fourth-order valence-electron chi connectivity index (χ4n) is 1.95. The lowest BCUT2D eigenvalue weighted by Gasteiger charge is -2.37. The van der Waals surface area contributed by atoms with E-state index in [1.54, 1.807) is 11.8 Å². The Kier molecular flexibility index (Phi) is 4.74. The second-order valence-corrected chi connectivity index (χ2v) is 4.70. The van der Waals surface area contributed by atoms with Gasteiger partial charge in [0, 0.05) is 32.2 Å². The highest BCUT2D eigenvalue weighted by Gasteiger charge is 2.27. The van der Waals surface area contributed by atoms with Crippen molar-refractivity contribution in [3.8, 4) is 0 Å². The molecule has 0 radical (unpaired) electrons. The molecule has 1 rings (SSSR count). The summed E-state index contributed by atoms with van der Waals surface area (Å²) in [5, 5.41) is 11.4. The molecule has 1 aliphatic rings. The van der Waals surface area contributed by atoms with Gasteiger partial charge in [-0.2, -0.15) is 0 Å². The minimum atomic E-state index is -0.550. The molecule has 1 amide bonds. The standard InChI is InChI=1S/C11H22N4O2/c1-8(2)14-4-6-15(7-5-14)11(16)9(3)10(12)13-17/h8-9,17H,4-7H2,1-3H3,(H2,12,13). The van der Waals surface area contributed by atoms with Crippen LogP contribution in [0.5, 0.6) is 0 Å². The second-order valence-electron chi connectivity index (χ2n) is 4.70. The molecule has 0 aromatic heterocycles. The Bertz CT molecular complexity index is 296. The Morgan fingerprint density at radius 1 is 1.24 bits per heavy atom. The van der Waals surface area contributed by atoms with Crippen molar-refractivity contribution in [2.75, 3.05) is 26.2 Å². The molecule has 6 nitrogen and oxygen atoms in total. The summed E-state index contributed by atoms with van der Waals surface area (Å²) < 4.78 is 0. The molecule has 0 aliphatic carbocycles. The summed E-state index contributed by atoms with van der Waals surface area (Å²) in [7, 11) is 0. The largest absolute Gasteiger partial charge is 0.409 e. The van der Waals surface area contributed by atoms with Crippen LogP contribution >= 0.6 is 0 Å². The van der Waals surface area contributed by atoms with Gasteiger partial charge in [-0.3, -0.25) is 9.69 Å². The van der Waals surface area contributed by atoms with Crippen LogP contribution in [0.4, 0.5) is 0 Å². The van der Waals surface area contributed by atoms with Gasteiger partial charge in [-0.25, -0.2) is 0 Å². The average molecular weight is 242 g/mol. The molecule has 0 spiro atoms. The Balaban J connectivity index is 2.51. The first-order valence-corrected chi connectivity index (χ1v) is 5.97. The molecule has 1 heterocycles. The van der Waals surface area contributed by atoms with Crippen LogP contribution in [-0.4, -0.2) is 59.0 Å². The predicted octanol–water partition coefficient (Wildman–Crippen LogP) is -0.0785. The number of rotatable bonds is 3. The summed E-state index contributed by atoms with van der Waals surface area (Å²) in [5.41, 5.74) is 5.44. The number of oxime groups is 1. The lowest BCUT2D eigenvalue weighted by Crippen LogP contribution is -2.53. The smallest absolute Gasteiger partial charge is 0.233 e. The fourth-order valence-corrected chi connectivity index (χ4v) is 1.95. The fraction of sp³-hybridized carbons (Fsp3) is 0.818. The lowest BCUT2D eigenvalue weighted by atomic mass is 10.1. The van der Waals surface area contributed by atoms with Gasteiger partial charge >= 0.3 is 0 Å². The van der Waals surface area contributed by atoms with Crippen LogP contribution in [0.1, 0.15) is 20.8 Å². The zero-order valence-corrected chi connectivity index (χ0v) is 10.8. The van der Waals surface area contributed by atoms with Crippen LogP contribution in [0, 0.1) is 5.92 Å². The van der Waals surface area contributed by atoms with Crippen molar-refractivity contribution in [2.24, 2.45) is 16.8 Å². The molecule has 1 aliphatic heterocycles. The molecule has 6 heteroatoms. The average Bonchev–Trinajstić information content (AvgIpc) is 2.36. The van der Waals surface area contributed by atoms with E-state index >= 15 is 0 Å². The number of carbonyl (C=O) groups excluding carboxylic acids is 1. The van der Waals surface area contributed by atoms with Crippen molar-refractivity contribution in [1.29, 1.82) is 0 Å². The van der Waals surface area contributed by atoms with Crippen LogP contribution < -0.4 is 5.73 Å². The van der Waals surface area contributed by atoms with E-state index in [-0.39, 0.29) is 11.7 Å². The number of hydrogen-bond donors (Lipinski definition) is 2. The molecular formula is C11H22N4O2. The number of hydrogen-bond acceptors (Lipinski definition) is 4. The van der Waals surface area contributed by atoms with E-state index in [1.165, 1.54) is 0 Å². The molecule has 17 heavy (non-hydrogen) atoms. The van der Waals surface area contributed by atoms with Gasteiger partial charge in [0.15, 0.2) is 5.84 Å². The van der Waals surface area contributed by atoms with Crippen LogP contribution in [0.3, 0.4) is 0 Å². The molecule has 98 valence electrons. The summed E-state index contributed by atoms with van der Waals surface area (Å²) in [4.78, 5) is 16.1. The summed E-state index contributed by atoms with van der Waals surface area (Å²) in [6.45, 7) is 9.14. The topological polar surface area (TPSA) is 82.2 Å². The molecule has 1 fully saturated rings. The number of carbonyl (C=O) groups is 1. The Labute approximate surface area is 102 Å². The first-order valence-electron chi connectivity index (χ1n) is 5.97. The van der Waals surface area contributed by atoms with Crippen LogP contribution in [0.2, 0.25) is 0 Å². The third kappa shape index (κ3) is 3.33. The van der Waals surface area contributed by atoms with Gasteiger partial charge in [0.25, 0.3) is 0 Å². The molecular weight excluding hydrogens is 220 g/mol. The summed E-state index contributed by atoms with van der Waals surface area (Å²) in [6.07, 6.45) is 0. The second kappa shape index (κ2) is 5.86. The van der Waals surface area contributed by atoms with Crippen molar-refractivity contribution in [2.45, 2.75) is 26.8 Å². The first-order chi connectivity index (χ1) is 7.97. The van der Waals surface area contributed by atoms with Crippen molar-refractivity contribution in [1.82, 2.24) is 9.80 Å². The zero-order chi connectivity index (χ0) is 13.0. The summed E-state index contributed by atoms with van der Waals surface area (Å²) in [6, 6.07) is 0.508. The molecule has 0 saturated carbocycles. The third-order valence-electron chi connectivity index (χ3n) is 3.29. The minimum Gasteiger partial charge on any atom is -0.409 e. The Hall–Kier alpha value is -1.30. The van der Waals surface area contributed by atoms with Gasteiger partial charge in [0.1, 0.15) is 0 Å². The zero-order valence-electron chi connectivity index (χ0n) is 10.8. The lowest BCUT2D eigenvalue weighted by molar-refractivity contribution is -0.135. The molecule has 1 unspecified atom stereocenters. The van der Waals surface area contributed by atoms with Gasteiger partial charge in [-0.05, 0) is 20.8 Å². The van der Waals surface area contributed by atoms with Crippen molar-refractivity contribution in [3.05, 3.63) is 0 Å². The van der Waals surface area contributed by atoms with Gasteiger partial charge in [0.2, 0.25) is 5.91 Å². The monoisotopic (exact) mass is 242 g/mol. The van der Waals surface area contributed by atoms with E-state index < -0.39 is 5.92 Å². The maximum absolute atomic E-state index is 12.0. The van der Waals surface area contributed by atoms with E-state index in [1.807, 2.05) is 0 Å². The Morgan fingerprint density at radius 2 is 1.76 bits per heavy atom. The molecule has 0 aromatic carbocycles. The SMILES string of the molecule is CC(C(=O)N1CCN(C(C)C)CC1)C(N)=NO. The van der Waals surface area contributed by atoms with Crippen molar-refractivity contribution >= 4 is 11.7 Å². The molecule has 0 bridgehead atoms. The van der Waals surface area contributed by atoms with Crippen LogP contribution in [0.15, 0.2) is 5.16 Å². The number of amidine groups is 1. The van der Waals surface area contributed by atoms with E-state index in [0.29, 0.717) is 19.1 Å². The summed E-state index contributed by atoms with van der Waals surface area (Å²) >= 11 is 0. The van der Waals surface area contributed by atoms with Gasteiger partial charge in [0.05, 0.1) is 5.92 Å². The van der Waals surface area contributed by atoms with Gasteiger partial charge in [-0.15, -0.1) is 0 Å². The molecule has 1 atom stereocenters. The van der Waals surface area contributed by atoms with E-state index in [4.69, 9.17) is 10.9 Å². The first kappa shape index (κ1) is 13.8. The minimum absolute atomic E-state index is 0.0266. The highest BCUT2D eigenvalue weighted by Crippen LogP contribution is 2.09. The highest BCUT2D eigenvalue weighted by atomic mass is 16.4. The van der Waals surface area contributed by atoms with Crippen molar-refractivity contribution in [3.63, 3.8) is 0 Å². The highest BCUT2D eigenvalue weighted by molar-refractivity contribution is 6.01. The van der Waals surface area contributed by atoms with E-state index in [9.17, 15) is 4.79 Å². The summed E-state index contributed by atoms with van der Waals surface area (Å²) in [5.74, 6) is -0.643. The van der Waals surface area contributed by atoms with E-state index in [2.05, 4.69) is 23.9 Å². The van der Waals surface area contributed by atoms with E-state index in [0.717, 1.165) is 13.1 Å². The maximum atomic E-state index is 12.0. The quantitative estimate of drug-likeness (QED) is 0.314. The maximum Gasteiger partial charge on any atom is 0.233 e. The van der Waals surface area contributed by atoms with Crippen molar-refractivity contribution < 1.29 is 10.0 Å². The predicted molar refractivity (Wildman–Crippen MR) is 65.9 cm³/mol. The van der Waals surface area contributed by atoms with Crippen LogP contribution in [-0.2, 0) is 4.79 Å². The van der Waals surface area contributed by atoms with Gasteiger partial charge < -0.3 is 15.8 Å². The molecule has 1 saturated heterocycles. The molecule has 0 aromatic rings. The third-order valence-corrected chi connectivity index (χ3v) is 3.29. The number of nitrogens with two attached hydrogens (primary N) is 1. The normalized spacial score (nSPS) is 20.7. The number of nitrogens with zero attached hydrogens (tertiary/aromatic N) is 3. The number of piperazine rings is 1. The van der Waals surface area contributed by atoms with Gasteiger partial charge in [-0.1, -0.05) is 5.16 Å². The Morgan fingerprint density at radius 3 is 2.18 bits per heavy atom. The number of amides is 1. The molecule has 3 N–H and O–H groups in total.